The van der Waals surface area contributed by atoms with E-state index >= 15 is 0 Å². The number of phenols is 1. The summed E-state index contributed by atoms with van der Waals surface area (Å²) in [5.41, 5.74) is 2.29. The van der Waals surface area contributed by atoms with E-state index in [4.69, 9.17) is 11.6 Å². The minimum absolute atomic E-state index is 0.0766. The van der Waals surface area contributed by atoms with Crippen molar-refractivity contribution in [1.29, 1.82) is 0 Å². The Morgan fingerprint density at radius 2 is 1.55 bits per heavy atom. The van der Waals surface area contributed by atoms with Crippen LogP contribution in [0.15, 0.2) is 48.5 Å². The van der Waals surface area contributed by atoms with E-state index in [0.29, 0.717) is 13.0 Å². The van der Waals surface area contributed by atoms with Crippen molar-refractivity contribution in [3.05, 3.63) is 64.7 Å². The highest BCUT2D eigenvalue weighted by molar-refractivity contribution is 6.30. The monoisotopic (exact) mass is 317 g/mol. The molecule has 2 aromatic carbocycles. The molecule has 1 amide bonds. The molecule has 2 N–H and O–H groups in total. The van der Waals surface area contributed by atoms with Gasteiger partial charge in [0.05, 0.1) is 0 Å². The molecule has 0 saturated heterocycles. The van der Waals surface area contributed by atoms with Crippen LogP contribution in [0.4, 0.5) is 0 Å². The number of benzene rings is 2. The SMILES string of the molecule is O=C(CCCc1ccc(Cl)cc1)NCCc1ccc(O)cc1. The van der Waals surface area contributed by atoms with Gasteiger partial charge in [-0.3, -0.25) is 4.79 Å². The first-order valence-corrected chi connectivity index (χ1v) is 7.80. The number of phenolic OH excluding ortho intramolecular Hbond substituents is 1. The van der Waals surface area contributed by atoms with Crippen LogP contribution in [-0.4, -0.2) is 17.6 Å². The van der Waals surface area contributed by atoms with Gasteiger partial charge in [0, 0.05) is 18.0 Å². The number of amides is 1. The summed E-state index contributed by atoms with van der Waals surface area (Å²) in [7, 11) is 0. The zero-order valence-electron chi connectivity index (χ0n) is 12.4. The molecular weight excluding hydrogens is 298 g/mol. The summed E-state index contributed by atoms with van der Waals surface area (Å²) in [6.45, 7) is 0.616. The van der Waals surface area contributed by atoms with E-state index < -0.39 is 0 Å². The lowest BCUT2D eigenvalue weighted by molar-refractivity contribution is -0.121. The van der Waals surface area contributed by atoms with Gasteiger partial charge >= 0.3 is 0 Å². The summed E-state index contributed by atoms with van der Waals surface area (Å²) in [6.07, 6.45) is 3.00. The van der Waals surface area contributed by atoms with Crippen LogP contribution in [0.3, 0.4) is 0 Å². The molecule has 2 aromatic rings. The zero-order chi connectivity index (χ0) is 15.8. The number of halogens is 1. The second-order valence-corrected chi connectivity index (χ2v) is 5.68. The number of aryl methyl sites for hydroxylation is 1. The predicted octanol–water partition coefficient (Wildman–Crippen LogP) is 3.73. The summed E-state index contributed by atoms with van der Waals surface area (Å²) >= 11 is 5.83. The quantitative estimate of drug-likeness (QED) is 0.817. The molecule has 0 atom stereocenters. The maximum atomic E-state index is 11.8. The third kappa shape index (κ3) is 5.78. The number of hydrogen-bond acceptors (Lipinski definition) is 2. The van der Waals surface area contributed by atoms with Gasteiger partial charge in [-0.25, -0.2) is 0 Å². The van der Waals surface area contributed by atoms with Crippen molar-refractivity contribution in [3.8, 4) is 5.75 Å². The summed E-state index contributed by atoms with van der Waals surface area (Å²) < 4.78 is 0. The fraction of sp³-hybridized carbons (Fsp3) is 0.278. The molecule has 22 heavy (non-hydrogen) atoms. The fourth-order valence-electron chi connectivity index (χ4n) is 2.20. The topological polar surface area (TPSA) is 49.3 Å². The Morgan fingerprint density at radius 3 is 2.23 bits per heavy atom. The molecule has 0 spiro atoms. The normalized spacial score (nSPS) is 10.4. The van der Waals surface area contributed by atoms with Crippen LogP contribution in [0.1, 0.15) is 24.0 Å². The second kappa shape index (κ2) is 8.44. The van der Waals surface area contributed by atoms with Crippen LogP contribution < -0.4 is 5.32 Å². The van der Waals surface area contributed by atoms with Gasteiger partial charge in [-0.1, -0.05) is 35.9 Å². The summed E-state index contributed by atoms with van der Waals surface area (Å²) in [5, 5.41) is 12.9. The van der Waals surface area contributed by atoms with Gasteiger partial charge in [-0.15, -0.1) is 0 Å². The van der Waals surface area contributed by atoms with Gasteiger partial charge in [0.15, 0.2) is 0 Å². The van der Waals surface area contributed by atoms with Crippen molar-refractivity contribution in [3.63, 3.8) is 0 Å². The molecule has 2 rings (SSSR count). The van der Waals surface area contributed by atoms with Crippen LogP contribution >= 0.6 is 11.6 Å². The van der Waals surface area contributed by atoms with E-state index in [1.54, 1.807) is 12.1 Å². The number of carbonyl (C=O) groups excluding carboxylic acids is 1. The highest BCUT2D eigenvalue weighted by Gasteiger charge is 2.02. The van der Waals surface area contributed by atoms with E-state index in [2.05, 4.69) is 5.32 Å². The van der Waals surface area contributed by atoms with Crippen LogP contribution in [0, 0.1) is 0 Å². The highest BCUT2D eigenvalue weighted by Crippen LogP contribution is 2.12. The van der Waals surface area contributed by atoms with Crippen molar-refractivity contribution in [2.45, 2.75) is 25.7 Å². The maximum Gasteiger partial charge on any atom is 0.220 e. The summed E-state index contributed by atoms with van der Waals surface area (Å²) in [6, 6.07) is 14.8. The zero-order valence-corrected chi connectivity index (χ0v) is 13.1. The largest absolute Gasteiger partial charge is 0.508 e. The molecule has 0 bridgehead atoms. The average Bonchev–Trinajstić information content (AvgIpc) is 2.51. The van der Waals surface area contributed by atoms with Crippen LogP contribution in [0.2, 0.25) is 5.02 Å². The lowest BCUT2D eigenvalue weighted by Gasteiger charge is -2.06. The Hall–Kier alpha value is -2.00. The first kappa shape index (κ1) is 16.4. The lowest BCUT2D eigenvalue weighted by Crippen LogP contribution is -2.25. The van der Waals surface area contributed by atoms with Crippen molar-refractivity contribution < 1.29 is 9.90 Å². The average molecular weight is 318 g/mol. The Bertz CT molecular complexity index is 540. The van der Waals surface area contributed by atoms with Gasteiger partial charge in [0.25, 0.3) is 0 Å². The predicted molar refractivity (Wildman–Crippen MR) is 89.2 cm³/mol. The molecule has 0 fully saturated rings. The van der Waals surface area contributed by atoms with Crippen molar-refractivity contribution in [2.75, 3.05) is 6.54 Å². The first-order valence-electron chi connectivity index (χ1n) is 7.42. The molecule has 0 heterocycles. The first-order chi connectivity index (χ1) is 10.6. The Labute approximate surface area is 135 Å². The van der Waals surface area contributed by atoms with Crippen molar-refractivity contribution >= 4 is 17.5 Å². The van der Waals surface area contributed by atoms with Crippen LogP contribution in [-0.2, 0) is 17.6 Å². The van der Waals surface area contributed by atoms with Crippen LogP contribution in [0.5, 0.6) is 5.75 Å². The molecule has 116 valence electrons. The molecule has 0 saturated carbocycles. The number of aromatic hydroxyl groups is 1. The van der Waals surface area contributed by atoms with Gasteiger partial charge in [-0.2, -0.15) is 0 Å². The Kier molecular flexibility index (Phi) is 6.28. The minimum atomic E-state index is 0.0766. The lowest BCUT2D eigenvalue weighted by atomic mass is 10.1. The third-order valence-corrected chi connectivity index (χ3v) is 3.71. The van der Waals surface area contributed by atoms with E-state index in [-0.39, 0.29) is 11.7 Å². The molecule has 0 aliphatic rings. The summed E-state index contributed by atoms with van der Waals surface area (Å²) in [5.74, 6) is 0.336. The Balaban J connectivity index is 1.61. The van der Waals surface area contributed by atoms with E-state index in [1.165, 1.54) is 5.56 Å². The number of hydrogen-bond donors (Lipinski definition) is 2. The maximum absolute atomic E-state index is 11.8. The molecule has 4 heteroatoms. The van der Waals surface area contributed by atoms with Crippen LogP contribution in [0.25, 0.3) is 0 Å². The smallest absolute Gasteiger partial charge is 0.220 e. The summed E-state index contributed by atoms with van der Waals surface area (Å²) in [4.78, 5) is 11.8. The molecule has 0 aliphatic carbocycles. The van der Waals surface area contributed by atoms with Gasteiger partial charge < -0.3 is 10.4 Å². The molecule has 0 radical (unpaired) electrons. The highest BCUT2D eigenvalue weighted by atomic mass is 35.5. The number of rotatable bonds is 7. The van der Waals surface area contributed by atoms with E-state index in [0.717, 1.165) is 29.8 Å². The van der Waals surface area contributed by atoms with E-state index in [1.807, 2.05) is 36.4 Å². The Morgan fingerprint density at radius 1 is 0.955 bits per heavy atom. The minimum Gasteiger partial charge on any atom is -0.508 e. The standard InChI is InChI=1S/C18H20ClNO2/c19-16-8-4-14(5-9-16)2-1-3-18(22)20-13-12-15-6-10-17(21)11-7-15/h4-11,21H,1-3,12-13H2,(H,20,22). The fourth-order valence-corrected chi connectivity index (χ4v) is 2.33. The molecular formula is C18H20ClNO2. The van der Waals surface area contributed by atoms with E-state index in [9.17, 15) is 9.90 Å². The molecule has 3 nitrogen and oxygen atoms in total. The molecule has 0 unspecified atom stereocenters. The number of carbonyl (C=O) groups is 1. The molecule has 0 aromatic heterocycles. The van der Waals surface area contributed by atoms with Gasteiger partial charge in [0.1, 0.15) is 5.75 Å². The van der Waals surface area contributed by atoms with Gasteiger partial charge in [0.2, 0.25) is 5.91 Å². The molecule has 0 aliphatic heterocycles. The van der Waals surface area contributed by atoms with Crippen molar-refractivity contribution in [1.82, 2.24) is 5.32 Å². The van der Waals surface area contributed by atoms with Crippen molar-refractivity contribution in [2.24, 2.45) is 0 Å². The van der Waals surface area contributed by atoms with Gasteiger partial charge in [-0.05, 0) is 54.7 Å². The second-order valence-electron chi connectivity index (χ2n) is 5.25. The third-order valence-electron chi connectivity index (χ3n) is 3.45. The number of nitrogens with one attached hydrogen (secondary N) is 1.